The molecule has 0 unspecified atom stereocenters. The molecule has 1 nitrogen and oxygen atoms in total. The first kappa shape index (κ1) is 13.9. The van der Waals surface area contributed by atoms with Crippen LogP contribution >= 0.6 is 0 Å². The molecule has 2 rings (SSSR count). The summed E-state index contributed by atoms with van der Waals surface area (Å²) < 4.78 is 6.15. The molecule has 1 aliphatic rings. The highest BCUT2D eigenvalue weighted by atomic mass is 16.5. The van der Waals surface area contributed by atoms with Crippen molar-refractivity contribution in [1.82, 2.24) is 0 Å². The highest BCUT2D eigenvalue weighted by Gasteiger charge is 2.29. The van der Waals surface area contributed by atoms with Gasteiger partial charge in [-0.2, -0.15) is 0 Å². The average Bonchev–Trinajstić information content (AvgIpc) is 2.34. The molecule has 0 fully saturated rings. The Balaban J connectivity index is 2.28. The van der Waals surface area contributed by atoms with Gasteiger partial charge in [0.05, 0.1) is 0 Å². The predicted molar refractivity (Wildman–Crippen MR) is 81.8 cm³/mol. The molecule has 0 N–H and O–H groups in total. The van der Waals surface area contributed by atoms with Crippen LogP contribution in [0.25, 0.3) is 0 Å². The van der Waals surface area contributed by atoms with Crippen molar-refractivity contribution in [3.63, 3.8) is 0 Å². The van der Waals surface area contributed by atoms with Crippen LogP contribution < -0.4 is 4.74 Å². The zero-order valence-corrected chi connectivity index (χ0v) is 12.5. The zero-order chi connectivity index (χ0) is 14.1. The Morgan fingerprint density at radius 1 is 1.32 bits per heavy atom. The van der Waals surface area contributed by atoms with Crippen LogP contribution in [0.15, 0.2) is 43.0 Å². The second kappa shape index (κ2) is 4.88. The van der Waals surface area contributed by atoms with E-state index in [-0.39, 0.29) is 11.0 Å². The van der Waals surface area contributed by atoms with Crippen molar-refractivity contribution in [3.8, 4) is 5.75 Å². The number of aryl methyl sites for hydroxylation is 1. The van der Waals surface area contributed by atoms with Crippen LogP contribution in [0.4, 0.5) is 0 Å². The second-order valence-corrected chi connectivity index (χ2v) is 6.58. The lowest BCUT2D eigenvalue weighted by Crippen LogP contribution is -2.34. The van der Waals surface area contributed by atoms with Crippen LogP contribution in [-0.4, -0.2) is 5.60 Å². The van der Waals surface area contributed by atoms with Crippen molar-refractivity contribution in [2.24, 2.45) is 0 Å². The van der Waals surface area contributed by atoms with E-state index < -0.39 is 0 Å². The highest BCUT2D eigenvalue weighted by molar-refractivity contribution is 5.42. The molecule has 0 spiro atoms. The predicted octanol–water partition coefficient (Wildman–Crippen LogP) is 4.81. The fourth-order valence-electron chi connectivity index (χ4n) is 2.41. The summed E-state index contributed by atoms with van der Waals surface area (Å²) in [4.78, 5) is 0. The van der Waals surface area contributed by atoms with E-state index in [1.165, 1.54) is 11.1 Å². The van der Waals surface area contributed by atoms with Gasteiger partial charge in [-0.25, -0.2) is 0 Å². The first-order chi connectivity index (χ1) is 8.84. The van der Waals surface area contributed by atoms with Gasteiger partial charge in [0.25, 0.3) is 0 Å². The Labute approximate surface area is 117 Å². The lowest BCUT2D eigenvalue weighted by Gasteiger charge is -2.34. The van der Waals surface area contributed by atoms with Gasteiger partial charge in [0.2, 0.25) is 0 Å². The molecule has 102 valence electrons. The van der Waals surface area contributed by atoms with Gasteiger partial charge in [-0.1, -0.05) is 51.6 Å². The third-order valence-corrected chi connectivity index (χ3v) is 3.75. The van der Waals surface area contributed by atoms with E-state index in [0.29, 0.717) is 0 Å². The fourth-order valence-corrected chi connectivity index (χ4v) is 2.41. The molecule has 0 amide bonds. The highest BCUT2D eigenvalue weighted by Crippen LogP contribution is 2.36. The number of hydrogen-bond donors (Lipinski definition) is 0. The van der Waals surface area contributed by atoms with Gasteiger partial charge in [-0.05, 0) is 48.4 Å². The lowest BCUT2D eigenvalue weighted by molar-refractivity contribution is 0.114. The number of benzene rings is 1. The van der Waals surface area contributed by atoms with Gasteiger partial charge in [0.1, 0.15) is 11.4 Å². The Morgan fingerprint density at radius 2 is 2.05 bits per heavy atom. The van der Waals surface area contributed by atoms with Gasteiger partial charge >= 0.3 is 0 Å². The van der Waals surface area contributed by atoms with E-state index in [9.17, 15) is 0 Å². The van der Waals surface area contributed by atoms with Crippen LogP contribution in [0.5, 0.6) is 5.75 Å². The summed E-state index contributed by atoms with van der Waals surface area (Å²) in [6.07, 6.45) is 7.94. The van der Waals surface area contributed by atoms with E-state index >= 15 is 0 Å². The quantitative estimate of drug-likeness (QED) is 0.690. The minimum atomic E-state index is -0.204. The summed E-state index contributed by atoms with van der Waals surface area (Å²) in [5.74, 6) is 1.02. The molecular formula is C18H24O. The number of rotatable bonds is 2. The van der Waals surface area contributed by atoms with Crippen molar-refractivity contribution in [1.29, 1.82) is 0 Å². The average molecular weight is 256 g/mol. The van der Waals surface area contributed by atoms with Gasteiger partial charge in [-0.15, -0.1) is 0 Å². The van der Waals surface area contributed by atoms with Crippen LogP contribution in [0, 0.1) is 0 Å². The van der Waals surface area contributed by atoms with E-state index in [0.717, 1.165) is 18.6 Å². The molecule has 0 bridgehead atoms. The molecule has 1 aromatic carbocycles. The third-order valence-electron chi connectivity index (χ3n) is 3.75. The molecule has 0 aliphatic carbocycles. The largest absolute Gasteiger partial charge is 0.483 e. The van der Waals surface area contributed by atoms with Crippen molar-refractivity contribution in [2.75, 3.05) is 0 Å². The van der Waals surface area contributed by atoms with Gasteiger partial charge in [0.15, 0.2) is 0 Å². The molecule has 19 heavy (non-hydrogen) atoms. The Bertz CT molecular complexity index is 505. The Morgan fingerprint density at radius 3 is 2.68 bits per heavy atom. The van der Waals surface area contributed by atoms with E-state index in [1.807, 2.05) is 6.08 Å². The molecule has 0 saturated heterocycles. The Kier molecular flexibility index (Phi) is 3.58. The molecule has 1 atom stereocenters. The minimum Gasteiger partial charge on any atom is -0.483 e. The maximum Gasteiger partial charge on any atom is 0.125 e. The fraction of sp³-hybridized carbons (Fsp3) is 0.444. The molecule has 1 aliphatic heterocycles. The number of allylic oxidation sites excluding steroid dienone is 2. The summed E-state index contributed by atoms with van der Waals surface area (Å²) in [6, 6.07) is 6.60. The van der Waals surface area contributed by atoms with Gasteiger partial charge in [0, 0.05) is 0 Å². The zero-order valence-electron chi connectivity index (χ0n) is 12.5. The van der Waals surface area contributed by atoms with Crippen LogP contribution in [0.3, 0.4) is 0 Å². The Hall–Kier alpha value is -1.50. The number of fused-ring (bicyclic) bond motifs is 1. The molecular weight excluding hydrogens is 232 g/mol. The lowest BCUT2D eigenvalue weighted by atomic mass is 9.84. The standard InChI is InChI=1S/C18H24O/c1-6-7-11-18(5)12-10-14-13-15(17(2,3)4)8-9-16(14)19-18/h6-9,11,13H,1,10,12H2,2-5H3/b11-7+/t18-/m1/s1. The topological polar surface area (TPSA) is 9.23 Å². The molecule has 1 heterocycles. The third kappa shape index (κ3) is 3.09. The van der Waals surface area contributed by atoms with Crippen LogP contribution in [0.2, 0.25) is 0 Å². The maximum absolute atomic E-state index is 6.15. The van der Waals surface area contributed by atoms with Crippen LogP contribution in [0.1, 0.15) is 45.2 Å². The maximum atomic E-state index is 6.15. The summed E-state index contributed by atoms with van der Waals surface area (Å²) >= 11 is 0. The summed E-state index contributed by atoms with van der Waals surface area (Å²) in [6.45, 7) is 12.6. The molecule has 0 saturated carbocycles. The first-order valence-corrected chi connectivity index (χ1v) is 6.97. The number of hydrogen-bond acceptors (Lipinski definition) is 1. The van der Waals surface area contributed by atoms with Crippen molar-refractivity contribution >= 4 is 0 Å². The minimum absolute atomic E-state index is 0.193. The van der Waals surface area contributed by atoms with Gasteiger partial charge < -0.3 is 4.74 Å². The smallest absolute Gasteiger partial charge is 0.125 e. The first-order valence-electron chi connectivity index (χ1n) is 6.97. The number of ether oxygens (including phenoxy) is 1. The van der Waals surface area contributed by atoms with Gasteiger partial charge in [-0.3, -0.25) is 0 Å². The summed E-state index contributed by atoms with van der Waals surface area (Å²) in [5, 5.41) is 0. The van der Waals surface area contributed by atoms with Crippen molar-refractivity contribution in [2.45, 2.75) is 51.6 Å². The SMILES string of the molecule is C=C/C=C/[C@]1(C)CCc2cc(C(C)(C)C)ccc2O1. The van der Waals surface area contributed by atoms with E-state index in [2.05, 4.69) is 58.5 Å². The molecule has 1 heteroatoms. The van der Waals surface area contributed by atoms with Crippen molar-refractivity contribution in [3.05, 3.63) is 54.1 Å². The molecule has 1 aromatic rings. The van der Waals surface area contributed by atoms with E-state index in [4.69, 9.17) is 4.74 Å². The monoisotopic (exact) mass is 256 g/mol. The summed E-state index contributed by atoms with van der Waals surface area (Å²) in [5.41, 5.74) is 2.69. The molecule has 0 radical (unpaired) electrons. The summed E-state index contributed by atoms with van der Waals surface area (Å²) in [7, 11) is 0. The van der Waals surface area contributed by atoms with Crippen molar-refractivity contribution < 1.29 is 4.74 Å². The molecule has 0 aromatic heterocycles. The van der Waals surface area contributed by atoms with E-state index in [1.54, 1.807) is 6.08 Å². The van der Waals surface area contributed by atoms with Crippen LogP contribution in [-0.2, 0) is 11.8 Å². The second-order valence-electron chi connectivity index (χ2n) is 6.58. The normalized spacial score (nSPS) is 22.9.